The monoisotopic (exact) mass is 376 g/mol. The van der Waals surface area contributed by atoms with Crippen LogP contribution in [0.15, 0.2) is 0 Å². The number of hydrogen-bond donors (Lipinski definition) is 1. The molecule has 0 aliphatic carbocycles. The Bertz CT molecular complexity index is 654. The van der Waals surface area contributed by atoms with Crippen molar-refractivity contribution in [2.24, 2.45) is 5.92 Å². The Kier molecular flexibility index (Phi) is 6.10. The number of carbonyl (C=O) groups excluding carboxylic acids is 1. The summed E-state index contributed by atoms with van der Waals surface area (Å²) in [5.41, 5.74) is 3.79. The van der Waals surface area contributed by atoms with Gasteiger partial charge in [0, 0.05) is 62.5 Å². The van der Waals surface area contributed by atoms with E-state index >= 15 is 0 Å². The maximum absolute atomic E-state index is 12.5. The second-order valence-electron chi connectivity index (χ2n) is 7.96. The van der Waals surface area contributed by atoms with Gasteiger partial charge in [-0.1, -0.05) is 0 Å². The topological polar surface area (TPSA) is 68.6 Å². The summed E-state index contributed by atoms with van der Waals surface area (Å²) >= 11 is 0. The first-order chi connectivity index (χ1) is 13.2. The van der Waals surface area contributed by atoms with Crippen LogP contribution in [0.1, 0.15) is 49.6 Å². The lowest BCUT2D eigenvalue weighted by Gasteiger charge is -2.34. The van der Waals surface area contributed by atoms with Crippen LogP contribution < -0.4 is 5.32 Å². The van der Waals surface area contributed by atoms with Crippen LogP contribution in [-0.4, -0.2) is 59.5 Å². The van der Waals surface area contributed by atoms with Crippen molar-refractivity contribution in [3.05, 3.63) is 17.0 Å². The van der Waals surface area contributed by atoms with E-state index in [1.807, 2.05) is 0 Å². The molecule has 0 bridgehead atoms. The summed E-state index contributed by atoms with van der Waals surface area (Å²) in [6.07, 6.45) is 4.84. The van der Waals surface area contributed by atoms with Gasteiger partial charge in [0.15, 0.2) is 0 Å². The molecule has 3 aliphatic rings. The zero-order valence-corrected chi connectivity index (χ0v) is 16.4. The van der Waals surface area contributed by atoms with Gasteiger partial charge in [-0.15, -0.1) is 0 Å². The molecule has 0 radical (unpaired) electrons. The third-order valence-corrected chi connectivity index (χ3v) is 6.10. The lowest BCUT2D eigenvalue weighted by atomic mass is 9.97. The summed E-state index contributed by atoms with van der Waals surface area (Å²) in [4.78, 5) is 15.0. The highest BCUT2D eigenvalue weighted by Crippen LogP contribution is 2.24. The SMILES string of the molecule is CCn1nc(CN2CCCC(NC(=O)C3CCOCC3)C2)c2c1CCOC2. The van der Waals surface area contributed by atoms with Crippen molar-refractivity contribution in [2.45, 2.75) is 64.8 Å². The van der Waals surface area contributed by atoms with E-state index in [2.05, 4.69) is 21.8 Å². The third kappa shape index (κ3) is 4.36. The van der Waals surface area contributed by atoms with E-state index < -0.39 is 0 Å². The van der Waals surface area contributed by atoms with Crippen molar-refractivity contribution in [3.8, 4) is 0 Å². The van der Waals surface area contributed by atoms with Gasteiger partial charge >= 0.3 is 0 Å². The van der Waals surface area contributed by atoms with Gasteiger partial charge in [-0.3, -0.25) is 14.4 Å². The first-order valence-corrected chi connectivity index (χ1v) is 10.5. The van der Waals surface area contributed by atoms with Crippen LogP contribution >= 0.6 is 0 Å². The maximum Gasteiger partial charge on any atom is 0.223 e. The smallest absolute Gasteiger partial charge is 0.223 e. The standard InChI is InChI=1S/C20H32N4O3/c1-2-24-19-7-11-27-14-17(19)18(22-24)13-23-8-3-4-16(12-23)21-20(25)15-5-9-26-10-6-15/h15-16H,2-14H2,1H3,(H,21,25). The largest absolute Gasteiger partial charge is 0.381 e. The molecule has 1 aromatic rings. The summed E-state index contributed by atoms with van der Waals surface area (Å²) in [5, 5.41) is 8.15. The fraction of sp³-hybridized carbons (Fsp3) is 0.800. The minimum absolute atomic E-state index is 0.124. The average molecular weight is 377 g/mol. The Labute approximate surface area is 161 Å². The maximum atomic E-state index is 12.5. The van der Waals surface area contributed by atoms with Gasteiger partial charge in [0.05, 0.1) is 18.9 Å². The average Bonchev–Trinajstić information content (AvgIpc) is 3.07. The van der Waals surface area contributed by atoms with Crippen LogP contribution in [0.3, 0.4) is 0 Å². The third-order valence-electron chi connectivity index (χ3n) is 6.10. The van der Waals surface area contributed by atoms with Crippen molar-refractivity contribution in [1.82, 2.24) is 20.0 Å². The molecule has 7 nitrogen and oxygen atoms in total. The van der Waals surface area contributed by atoms with Crippen LogP contribution in [0.5, 0.6) is 0 Å². The van der Waals surface area contributed by atoms with Gasteiger partial charge in [0.1, 0.15) is 0 Å². The number of fused-ring (bicyclic) bond motifs is 1. The molecule has 4 heterocycles. The Morgan fingerprint density at radius 1 is 1.22 bits per heavy atom. The molecular formula is C20H32N4O3. The molecule has 3 aliphatic heterocycles. The second-order valence-corrected chi connectivity index (χ2v) is 7.96. The van der Waals surface area contributed by atoms with Crippen molar-refractivity contribution in [2.75, 3.05) is 32.9 Å². The van der Waals surface area contributed by atoms with E-state index in [0.717, 1.165) is 70.6 Å². The normalized spacial score (nSPS) is 24.6. The summed E-state index contributed by atoms with van der Waals surface area (Å²) in [7, 11) is 0. The van der Waals surface area contributed by atoms with E-state index in [4.69, 9.17) is 14.6 Å². The fourth-order valence-corrected chi connectivity index (χ4v) is 4.57. The Hall–Kier alpha value is -1.44. The van der Waals surface area contributed by atoms with E-state index in [1.54, 1.807) is 0 Å². The molecule has 0 saturated carbocycles. The molecule has 1 unspecified atom stereocenters. The summed E-state index contributed by atoms with van der Waals surface area (Å²) in [6.45, 7) is 8.78. The molecule has 2 saturated heterocycles. The number of piperidine rings is 1. The Morgan fingerprint density at radius 3 is 2.89 bits per heavy atom. The van der Waals surface area contributed by atoms with E-state index in [-0.39, 0.29) is 17.9 Å². The molecule has 0 aromatic carbocycles. The highest BCUT2D eigenvalue weighted by molar-refractivity contribution is 5.79. The molecule has 4 rings (SSSR count). The molecule has 1 atom stereocenters. The molecule has 1 amide bonds. The van der Waals surface area contributed by atoms with Gasteiger partial charge in [0.25, 0.3) is 0 Å². The number of aryl methyl sites for hydroxylation is 1. The molecule has 0 spiro atoms. The lowest BCUT2D eigenvalue weighted by Crippen LogP contribution is -2.49. The Morgan fingerprint density at radius 2 is 2.07 bits per heavy atom. The zero-order chi connectivity index (χ0) is 18.6. The second kappa shape index (κ2) is 8.71. The van der Waals surface area contributed by atoms with Crippen LogP contribution in [0.25, 0.3) is 0 Å². The summed E-state index contributed by atoms with van der Waals surface area (Å²) < 4.78 is 13.2. The van der Waals surface area contributed by atoms with Crippen LogP contribution in [0, 0.1) is 5.92 Å². The molecular weight excluding hydrogens is 344 g/mol. The van der Waals surface area contributed by atoms with Crippen molar-refractivity contribution in [1.29, 1.82) is 0 Å². The van der Waals surface area contributed by atoms with Crippen molar-refractivity contribution in [3.63, 3.8) is 0 Å². The number of amides is 1. The Balaban J connectivity index is 1.36. The molecule has 7 heteroatoms. The number of ether oxygens (including phenoxy) is 2. The predicted octanol–water partition coefficient (Wildman–Crippen LogP) is 1.48. The van der Waals surface area contributed by atoms with E-state index in [1.165, 1.54) is 11.3 Å². The zero-order valence-electron chi connectivity index (χ0n) is 16.4. The summed E-state index contributed by atoms with van der Waals surface area (Å²) in [6, 6.07) is 0.245. The number of nitrogens with one attached hydrogen (secondary N) is 1. The summed E-state index contributed by atoms with van der Waals surface area (Å²) in [5.74, 6) is 0.338. The van der Waals surface area contributed by atoms with Gasteiger partial charge in [-0.2, -0.15) is 5.10 Å². The van der Waals surface area contributed by atoms with Crippen molar-refractivity contribution < 1.29 is 14.3 Å². The number of likely N-dealkylation sites (tertiary alicyclic amines) is 1. The predicted molar refractivity (Wildman–Crippen MR) is 101 cm³/mol. The molecule has 1 N–H and O–H groups in total. The first-order valence-electron chi connectivity index (χ1n) is 10.5. The molecule has 2 fully saturated rings. The molecule has 27 heavy (non-hydrogen) atoms. The number of aromatic nitrogens is 2. The minimum atomic E-state index is 0.124. The highest BCUT2D eigenvalue weighted by Gasteiger charge is 2.28. The number of hydrogen-bond acceptors (Lipinski definition) is 5. The van der Waals surface area contributed by atoms with Crippen LogP contribution in [0.2, 0.25) is 0 Å². The van der Waals surface area contributed by atoms with E-state index in [0.29, 0.717) is 19.8 Å². The number of rotatable bonds is 5. The fourth-order valence-electron chi connectivity index (χ4n) is 4.57. The number of nitrogens with zero attached hydrogens (tertiary/aromatic N) is 3. The van der Waals surface area contributed by atoms with Crippen molar-refractivity contribution >= 4 is 5.91 Å². The van der Waals surface area contributed by atoms with Crippen LogP contribution in [0.4, 0.5) is 0 Å². The molecule has 1 aromatic heterocycles. The van der Waals surface area contributed by atoms with Gasteiger partial charge in [-0.25, -0.2) is 0 Å². The first kappa shape index (κ1) is 18.9. The van der Waals surface area contributed by atoms with Gasteiger partial charge in [-0.05, 0) is 39.2 Å². The van der Waals surface area contributed by atoms with Gasteiger partial charge in [0.2, 0.25) is 5.91 Å². The van der Waals surface area contributed by atoms with Crippen LogP contribution in [-0.2, 0) is 40.4 Å². The quantitative estimate of drug-likeness (QED) is 0.843. The van der Waals surface area contributed by atoms with E-state index in [9.17, 15) is 4.79 Å². The number of carbonyl (C=O) groups is 1. The lowest BCUT2D eigenvalue weighted by molar-refractivity contribution is -0.129. The minimum Gasteiger partial charge on any atom is -0.381 e. The highest BCUT2D eigenvalue weighted by atomic mass is 16.5. The molecule has 150 valence electrons. The van der Waals surface area contributed by atoms with Gasteiger partial charge < -0.3 is 14.8 Å².